The first-order valence-electron chi connectivity index (χ1n) is 22.6. The molecule has 0 saturated heterocycles. The van der Waals surface area contributed by atoms with Crippen molar-refractivity contribution in [1.82, 2.24) is 9.97 Å². The van der Waals surface area contributed by atoms with Gasteiger partial charge in [0, 0.05) is 27.5 Å². The number of para-hydroxylation sites is 2. The quantitative estimate of drug-likeness (QED) is 0.160. The monoisotopic (exact) mass is 840 g/mol. The topological polar surface area (TPSA) is 38.9 Å². The molecule has 0 atom stereocenters. The lowest BCUT2D eigenvalue weighted by molar-refractivity contribution is 0.670. The van der Waals surface area contributed by atoms with Gasteiger partial charge >= 0.3 is 0 Å². The maximum Gasteiger partial charge on any atom is 0.160 e. The third-order valence-corrected chi connectivity index (χ3v) is 13.6. The molecule has 0 amide bonds. The van der Waals surface area contributed by atoms with Gasteiger partial charge in [0.2, 0.25) is 0 Å². The Morgan fingerprint density at radius 3 is 1.58 bits per heavy atom. The fourth-order valence-corrected chi connectivity index (χ4v) is 10.8. The molecule has 0 spiro atoms. The average Bonchev–Trinajstić information content (AvgIpc) is 3.93. The second-order valence-electron chi connectivity index (χ2n) is 17.2. The van der Waals surface area contributed by atoms with Gasteiger partial charge in [-0.05, 0) is 90.7 Å². The van der Waals surface area contributed by atoms with E-state index in [1.807, 2.05) is 30.3 Å². The molecule has 1 aliphatic carbocycles. The van der Waals surface area contributed by atoms with Crippen LogP contribution in [-0.4, -0.2) is 9.97 Å². The fourth-order valence-electron chi connectivity index (χ4n) is 10.8. The second kappa shape index (κ2) is 15.3. The van der Waals surface area contributed by atoms with E-state index in [0.29, 0.717) is 5.82 Å². The summed E-state index contributed by atoms with van der Waals surface area (Å²) in [4.78, 5) is 10.5. The van der Waals surface area contributed by atoms with Crippen LogP contribution in [0.25, 0.3) is 100.0 Å². The Bertz CT molecular complexity index is 3780. The molecule has 2 heterocycles. The highest BCUT2D eigenvalue weighted by Gasteiger charge is 2.47. The normalized spacial score (nSPS) is 12.7. The van der Waals surface area contributed by atoms with Crippen LogP contribution in [-0.2, 0) is 5.41 Å². The van der Waals surface area contributed by atoms with E-state index in [1.54, 1.807) is 0 Å². The maximum atomic E-state index is 6.54. The van der Waals surface area contributed by atoms with Crippen LogP contribution in [0.3, 0.4) is 0 Å². The largest absolute Gasteiger partial charge is 0.455 e. The fraction of sp³-hybridized carbons (Fsp3) is 0.0159. The molecule has 1 aliphatic rings. The zero-order chi connectivity index (χ0) is 43.6. The maximum absolute atomic E-state index is 6.54. The average molecular weight is 841 g/mol. The molecule has 0 radical (unpaired) electrons. The molecule has 66 heavy (non-hydrogen) atoms. The molecule has 0 N–H and O–H groups in total. The highest BCUT2D eigenvalue weighted by molar-refractivity contribution is 6.10. The summed E-state index contributed by atoms with van der Waals surface area (Å²) in [5, 5.41) is 4.43. The van der Waals surface area contributed by atoms with E-state index in [0.717, 1.165) is 71.9 Å². The van der Waals surface area contributed by atoms with Crippen molar-refractivity contribution in [2.45, 2.75) is 5.41 Å². The number of hydrogen-bond acceptors (Lipinski definition) is 3. The van der Waals surface area contributed by atoms with E-state index in [4.69, 9.17) is 14.4 Å². The summed E-state index contributed by atoms with van der Waals surface area (Å²) in [6, 6.07) is 87.1. The zero-order valence-corrected chi connectivity index (χ0v) is 35.9. The molecule has 0 fully saturated rings. The molecular formula is C63H40N2O. The Hall–Kier alpha value is -8.66. The van der Waals surface area contributed by atoms with Gasteiger partial charge in [-0.25, -0.2) is 9.97 Å². The molecule has 0 unspecified atom stereocenters. The van der Waals surface area contributed by atoms with Gasteiger partial charge in [0.15, 0.2) is 5.82 Å². The van der Waals surface area contributed by atoms with Crippen molar-refractivity contribution in [2.24, 2.45) is 0 Å². The lowest BCUT2D eigenvalue weighted by atomic mass is 9.66. The molecule has 0 aliphatic heterocycles. The van der Waals surface area contributed by atoms with Crippen molar-refractivity contribution in [3.63, 3.8) is 0 Å². The highest BCUT2D eigenvalue weighted by Crippen LogP contribution is 2.58. The van der Waals surface area contributed by atoms with E-state index < -0.39 is 5.41 Å². The summed E-state index contributed by atoms with van der Waals surface area (Å²) in [7, 11) is 0. The predicted octanol–water partition coefficient (Wildman–Crippen LogP) is 16.2. The van der Waals surface area contributed by atoms with Gasteiger partial charge in [0.1, 0.15) is 11.2 Å². The van der Waals surface area contributed by atoms with Gasteiger partial charge in [0.25, 0.3) is 0 Å². The van der Waals surface area contributed by atoms with Crippen LogP contribution >= 0.6 is 0 Å². The molecule has 13 rings (SSSR count). The van der Waals surface area contributed by atoms with Crippen LogP contribution in [0.1, 0.15) is 22.3 Å². The third kappa shape index (κ3) is 5.84. The zero-order valence-electron chi connectivity index (χ0n) is 35.9. The van der Waals surface area contributed by atoms with E-state index in [2.05, 4.69) is 212 Å². The van der Waals surface area contributed by atoms with Gasteiger partial charge in [0.05, 0.1) is 16.8 Å². The van der Waals surface area contributed by atoms with Crippen LogP contribution in [0.2, 0.25) is 0 Å². The van der Waals surface area contributed by atoms with E-state index >= 15 is 0 Å². The Balaban J connectivity index is 0.984. The van der Waals surface area contributed by atoms with Crippen molar-refractivity contribution < 1.29 is 4.42 Å². The van der Waals surface area contributed by atoms with Crippen LogP contribution in [0.15, 0.2) is 247 Å². The van der Waals surface area contributed by atoms with E-state index in [1.165, 1.54) is 44.5 Å². The first kappa shape index (κ1) is 37.9. The third-order valence-electron chi connectivity index (χ3n) is 13.6. The first-order valence-corrected chi connectivity index (χ1v) is 22.6. The number of benzene rings is 10. The van der Waals surface area contributed by atoms with Crippen molar-refractivity contribution in [2.75, 3.05) is 0 Å². The number of rotatable bonds is 7. The van der Waals surface area contributed by atoms with Gasteiger partial charge in [-0.2, -0.15) is 0 Å². The van der Waals surface area contributed by atoms with Gasteiger partial charge < -0.3 is 4.42 Å². The van der Waals surface area contributed by atoms with E-state index in [-0.39, 0.29) is 0 Å². The molecule has 3 nitrogen and oxygen atoms in total. The summed E-state index contributed by atoms with van der Waals surface area (Å²) in [5.41, 5.74) is 18.1. The number of furan rings is 1. The Kier molecular flexibility index (Phi) is 8.75. The summed E-state index contributed by atoms with van der Waals surface area (Å²) in [5.74, 6) is 0.664. The van der Waals surface area contributed by atoms with E-state index in [9.17, 15) is 0 Å². The molecule has 12 aromatic rings. The molecule has 0 bridgehead atoms. The van der Waals surface area contributed by atoms with Crippen molar-refractivity contribution in [3.05, 3.63) is 265 Å². The Morgan fingerprint density at radius 1 is 0.318 bits per heavy atom. The number of fused-ring (bicyclic) bond motifs is 7. The van der Waals surface area contributed by atoms with Crippen molar-refractivity contribution in [3.8, 4) is 67.3 Å². The minimum atomic E-state index is -0.514. The number of hydrogen-bond donors (Lipinski definition) is 0. The number of nitrogens with zero attached hydrogens (tertiary/aromatic N) is 2. The van der Waals surface area contributed by atoms with Crippen LogP contribution in [0, 0.1) is 0 Å². The Morgan fingerprint density at radius 2 is 0.818 bits per heavy atom. The lowest BCUT2D eigenvalue weighted by Crippen LogP contribution is -2.29. The number of aromatic nitrogens is 2. The van der Waals surface area contributed by atoms with Gasteiger partial charge in [-0.1, -0.05) is 218 Å². The van der Waals surface area contributed by atoms with Gasteiger partial charge in [-0.3, -0.25) is 0 Å². The minimum Gasteiger partial charge on any atom is -0.455 e. The highest BCUT2D eigenvalue weighted by atomic mass is 16.3. The lowest BCUT2D eigenvalue weighted by Gasteiger charge is -2.35. The Labute approximate surface area is 383 Å². The summed E-state index contributed by atoms with van der Waals surface area (Å²) < 4.78 is 6.54. The van der Waals surface area contributed by atoms with Crippen LogP contribution in [0.5, 0.6) is 0 Å². The van der Waals surface area contributed by atoms with Crippen molar-refractivity contribution >= 4 is 32.7 Å². The molecule has 10 aromatic carbocycles. The SMILES string of the molecule is c1ccc(-c2nc(-c3ccc(-c4cccc(-c5cccc6c5C(c5ccccc5)(c5ccccc5)c5ccccc5-6)c4)c4ccccc34)cc(-c3cccc4c3oc3ccccc34)n2)cc1. The second-order valence-corrected chi connectivity index (χ2v) is 17.2. The molecule has 0 saturated carbocycles. The standard InChI is InChI=1S/C63H40N2O/c1-4-19-41(20-5-1)62-64-57(40-58(65-62)55-34-18-33-54-52-30-13-15-36-59(52)66-61(54)55)51-38-37-46(48-27-10-11-28-49(48)51)42-21-16-22-43(39-42)47-31-17-32-53-50-29-12-14-35-56(50)63(60(47)53,44-23-6-2-7-24-44)45-25-8-3-9-26-45/h1-40H. The van der Waals surface area contributed by atoms with Crippen LogP contribution < -0.4 is 0 Å². The molecule has 3 heteroatoms. The molecule has 2 aromatic heterocycles. The smallest absolute Gasteiger partial charge is 0.160 e. The van der Waals surface area contributed by atoms with Crippen molar-refractivity contribution in [1.29, 1.82) is 0 Å². The molecule has 308 valence electrons. The predicted molar refractivity (Wildman–Crippen MR) is 271 cm³/mol. The summed E-state index contributed by atoms with van der Waals surface area (Å²) in [6.45, 7) is 0. The van der Waals surface area contributed by atoms with Gasteiger partial charge in [-0.15, -0.1) is 0 Å². The molecular weight excluding hydrogens is 801 g/mol. The summed E-state index contributed by atoms with van der Waals surface area (Å²) in [6.07, 6.45) is 0. The van der Waals surface area contributed by atoms with Crippen LogP contribution in [0.4, 0.5) is 0 Å². The summed E-state index contributed by atoms with van der Waals surface area (Å²) >= 11 is 0. The minimum absolute atomic E-state index is 0.514. The first-order chi connectivity index (χ1) is 32.7.